The van der Waals surface area contributed by atoms with Crippen LogP contribution in [0.3, 0.4) is 0 Å². The Morgan fingerprint density at radius 2 is 1.50 bits per heavy atom. The topological polar surface area (TPSA) is 249 Å². The number of phenols is 3. The summed E-state index contributed by atoms with van der Waals surface area (Å²) >= 11 is 0. The Morgan fingerprint density at radius 3 is 2.17 bits per heavy atom. The summed E-state index contributed by atoms with van der Waals surface area (Å²) in [6, 6.07) is 7.32. The first kappa shape index (κ1) is 30.0. The first-order valence-electron chi connectivity index (χ1n) is 12.9. The standard InChI is InChI=1S/C27H30O15/c1-9-17(32)20(35)21(36)26(38-9)41-24-18(33)15(8-28)40-27(22(24)37)42-25-19(34)16-13(31)6-12(30)7-14(16)39-23(25)10-2-4-11(29)5-3-10/h2-7,9,15,17-18,20-22,24,26-33,35-37H,8H2,1H3/t9-,15-,17+,18-,20-,21-,22-,24-,26+,27+/m1/s1. The molecule has 2 fully saturated rings. The van der Waals surface area contributed by atoms with Crippen LogP contribution in [-0.2, 0) is 14.2 Å². The average molecular weight is 595 g/mol. The molecule has 3 aromatic rings. The van der Waals surface area contributed by atoms with Crippen molar-refractivity contribution in [3.63, 3.8) is 0 Å². The fraction of sp³-hybridized carbons (Fsp3) is 0.444. The normalized spacial score (nSPS) is 33.5. The van der Waals surface area contributed by atoms with E-state index < -0.39 is 90.7 Å². The monoisotopic (exact) mass is 594 g/mol. The third-order valence-electron chi connectivity index (χ3n) is 7.20. The Kier molecular flexibility index (Phi) is 8.30. The highest BCUT2D eigenvalue weighted by molar-refractivity contribution is 5.88. The van der Waals surface area contributed by atoms with Crippen molar-refractivity contribution in [2.75, 3.05) is 6.61 Å². The van der Waals surface area contributed by atoms with Crippen molar-refractivity contribution in [3.8, 4) is 34.3 Å². The Hall–Kier alpha value is -3.51. The molecule has 1 aromatic heterocycles. The number of fused-ring (bicyclic) bond motifs is 1. The maximum absolute atomic E-state index is 13.6. The van der Waals surface area contributed by atoms with Crippen LogP contribution in [0.25, 0.3) is 22.3 Å². The number of aliphatic hydroxyl groups excluding tert-OH is 6. The lowest BCUT2D eigenvalue weighted by Gasteiger charge is -2.45. The number of rotatable bonds is 6. The molecular formula is C27H30O15. The fourth-order valence-corrected chi connectivity index (χ4v) is 4.89. The molecule has 0 saturated carbocycles. The highest BCUT2D eigenvalue weighted by Crippen LogP contribution is 2.38. The highest BCUT2D eigenvalue weighted by atomic mass is 16.7. The molecule has 0 spiro atoms. The van der Waals surface area contributed by atoms with E-state index in [0.29, 0.717) is 0 Å². The van der Waals surface area contributed by atoms with Crippen LogP contribution in [0.5, 0.6) is 23.0 Å². The zero-order valence-electron chi connectivity index (χ0n) is 21.9. The predicted molar refractivity (Wildman–Crippen MR) is 139 cm³/mol. The largest absolute Gasteiger partial charge is 0.508 e. The summed E-state index contributed by atoms with van der Waals surface area (Å²) in [5.41, 5.74) is -0.975. The summed E-state index contributed by atoms with van der Waals surface area (Å²) in [5, 5.41) is 91.9. The molecule has 42 heavy (non-hydrogen) atoms. The smallest absolute Gasteiger partial charge is 0.239 e. The van der Waals surface area contributed by atoms with Crippen LogP contribution in [0.4, 0.5) is 0 Å². The van der Waals surface area contributed by atoms with Gasteiger partial charge in [0.25, 0.3) is 0 Å². The van der Waals surface area contributed by atoms with Gasteiger partial charge in [0.1, 0.15) is 70.9 Å². The molecule has 9 N–H and O–H groups in total. The quantitative estimate of drug-likeness (QED) is 0.159. The van der Waals surface area contributed by atoms with Crippen molar-refractivity contribution in [1.82, 2.24) is 0 Å². The fourth-order valence-electron chi connectivity index (χ4n) is 4.89. The van der Waals surface area contributed by atoms with Crippen LogP contribution in [0.1, 0.15) is 6.92 Å². The maximum Gasteiger partial charge on any atom is 0.239 e. The Balaban J connectivity index is 1.54. The van der Waals surface area contributed by atoms with Crippen LogP contribution in [-0.4, -0.2) is 114 Å². The number of phenolic OH excluding ortho intramolecular Hbond substituents is 3. The van der Waals surface area contributed by atoms with E-state index in [1.165, 1.54) is 31.2 Å². The number of ether oxygens (including phenoxy) is 4. The molecule has 10 atom stereocenters. The van der Waals surface area contributed by atoms with Crippen LogP contribution in [0.15, 0.2) is 45.6 Å². The molecule has 0 radical (unpaired) electrons. The summed E-state index contributed by atoms with van der Waals surface area (Å²) < 4.78 is 28.1. The molecule has 228 valence electrons. The van der Waals surface area contributed by atoms with E-state index >= 15 is 0 Å². The van der Waals surface area contributed by atoms with E-state index in [-0.39, 0.29) is 28.0 Å². The minimum Gasteiger partial charge on any atom is -0.508 e. The van der Waals surface area contributed by atoms with Crippen LogP contribution >= 0.6 is 0 Å². The van der Waals surface area contributed by atoms with Gasteiger partial charge in [0.2, 0.25) is 17.5 Å². The molecule has 2 aromatic carbocycles. The SMILES string of the molecule is C[C@H]1O[C@@H](O[C@H]2[C@@H](O)[C@H](Oc3c(-c4ccc(O)cc4)oc4cc(O)cc(O)c4c3=O)O[C@H](CO)[C@H]2O)[C@H](O)[C@H](O)[C@H]1O. The van der Waals surface area contributed by atoms with E-state index in [9.17, 15) is 50.8 Å². The Morgan fingerprint density at radius 1 is 0.810 bits per heavy atom. The second kappa shape index (κ2) is 11.6. The molecule has 15 nitrogen and oxygen atoms in total. The van der Waals surface area contributed by atoms with E-state index in [1.54, 1.807) is 0 Å². The van der Waals surface area contributed by atoms with Crippen molar-refractivity contribution in [3.05, 3.63) is 46.6 Å². The Labute approximate surface area is 236 Å². The van der Waals surface area contributed by atoms with Crippen LogP contribution in [0, 0.1) is 0 Å². The van der Waals surface area contributed by atoms with Gasteiger partial charge in [-0.2, -0.15) is 0 Å². The van der Waals surface area contributed by atoms with Crippen LogP contribution < -0.4 is 10.2 Å². The van der Waals surface area contributed by atoms with Crippen molar-refractivity contribution in [2.24, 2.45) is 0 Å². The summed E-state index contributed by atoms with van der Waals surface area (Å²) in [5.74, 6) is -2.00. The van der Waals surface area contributed by atoms with Gasteiger partial charge in [-0.15, -0.1) is 0 Å². The van der Waals surface area contributed by atoms with E-state index in [2.05, 4.69) is 0 Å². The molecule has 3 heterocycles. The van der Waals surface area contributed by atoms with Gasteiger partial charge in [0, 0.05) is 17.7 Å². The Bertz CT molecular complexity index is 1470. The molecular weight excluding hydrogens is 564 g/mol. The van der Waals surface area contributed by atoms with Crippen molar-refractivity contribution in [1.29, 1.82) is 0 Å². The van der Waals surface area contributed by atoms with Gasteiger partial charge in [0.15, 0.2) is 12.1 Å². The summed E-state index contributed by atoms with van der Waals surface area (Å²) in [6.07, 6.45) is -16.2. The molecule has 0 unspecified atom stereocenters. The molecule has 0 bridgehead atoms. The first-order chi connectivity index (χ1) is 19.9. The van der Waals surface area contributed by atoms with Gasteiger partial charge in [-0.25, -0.2) is 0 Å². The van der Waals surface area contributed by atoms with Gasteiger partial charge < -0.3 is 69.3 Å². The lowest BCUT2D eigenvalue weighted by atomic mass is 9.97. The molecule has 2 aliphatic rings. The van der Waals surface area contributed by atoms with E-state index in [1.807, 2.05) is 0 Å². The number of hydrogen-bond acceptors (Lipinski definition) is 15. The summed E-state index contributed by atoms with van der Waals surface area (Å²) in [7, 11) is 0. The number of aliphatic hydroxyl groups is 6. The molecule has 0 aliphatic carbocycles. The highest BCUT2D eigenvalue weighted by Gasteiger charge is 2.51. The van der Waals surface area contributed by atoms with Gasteiger partial charge in [-0.05, 0) is 31.2 Å². The minimum absolute atomic E-state index is 0.107. The second-order valence-electron chi connectivity index (χ2n) is 10.1. The zero-order chi connectivity index (χ0) is 30.5. The summed E-state index contributed by atoms with van der Waals surface area (Å²) in [6.45, 7) is 0.588. The third-order valence-corrected chi connectivity index (χ3v) is 7.20. The van der Waals surface area contributed by atoms with E-state index in [0.717, 1.165) is 12.1 Å². The molecule has 2 aliphatic heterocycles. The number of aromatic hydroxyl groups is 3. The second-order valence-corrected chi connectivity index (χ2v) is 10.1. The lowest BCUT2D eigenvalue weighted by Crippen LogP contribution is -2.64. The first-order valence-corrected chi connectivity index (χ1v) is 12.9. The van der Waals surface area contributed by atoms with Gasteiger partial charge in [-0.3, -0.25) is 4.79 Å². The van der Waals surface area contributed by atoms with Gasteiger partial charge >= 0.3 is 0 Å². The summed E-state index contributed by atoms with van der Waals surface area (Å²) in [4.78, 5) is 13.6. The predicted octanol–water partition coefficient (Wildman–Crippen LogP) is -1.39. The number of benzene rings is 2. The molecule has 5 rings (SSSR count). The lowest BCUT2D eigenvalue weighted by molar-refractivity contribution is -0.349. The van der Waals surface area contributed by atoms with Crippen molar-refractivity contribution in [2.45, 2.75) is 68.3 Å². The number of hydrogen-bond donors (Lipinski definition) is 9. The molecule has 0 amide bonds. The van der Waals surface area contributed by atoms with E-state index in [4.69, 9.17) is 23.4 Å². The minimum atomic E-state index is -1.92. The van der Waals surface area contributed by atoms with Gasteiger partial charge in [0.05, 0.1) is 12.7 Å². The zero-order valence-corrected chi connectivity index (χ0v) is 21.9. The third kappa shape index (κ3) is 5.37. The molecule has 15 heteroatoms. The van der Waals surface area contributed by atoms with Crippen LogP contribution in [0.2, 0.25) is 0 Å². The van der Waals surface area contributed by atoms with Crippen molar-refractivity contribution < 1.29 is 69.3 Å². The van der Waals surface area contributed by atoms with Gasteiger partial charge in [-0.1, -0.05) is 0 Å². The average Bonchev–Trinajstić information content (AvgIpc) is 2.95. The van der Waals surface area contributed by atoms with Crippen molar-refractivity contribution >= 4 is 11.0 Å². The molecule has 2 saturated heterocycles. The maximum atomic E-state index is 13.6.